The smallest absolute Gasteiger partial charge is 0.408 e. The molecule has 11 heteroatoms. The Balaban J connectivity index is 5.23. The lowest BCUT2D eigenvalue weighted by atomic mass is 9.93. The molecular formula is C22H42N6O5. The fraction of sp³-hybridized carbons (Fsp3) is 0.773. The molecule has 0 saturated heterocycles. The number of amides is 2. The fourth-order valence-corrected chi connectivity index (χ4v) is 2.90. The van der Waals surface area contributed by atoms with Gasteiger partial charge in [0.15, 0.2) is 0 Å². The van der Waals surface area contributed by atoms with Gasteiger partial charge in [0, 0.05) is 13.1 Å². The van der Waals surface area contributed by atoms with E-state index in [0.717, 1.165) is 0 Å². The third-order valence-corrected chi connectivity index (χ3v) is 4.59. The lowest BCUT2D eigenvalue weighted by Crippen LogP contribution is -2.60. The van der Waals surface area contributed by atoms with E-state index in [1.165, 1.54) is 0 Å². The van der Waals surface area contributed by atoms with Gasteiger partial charge in [-0.3, -0.25) is 14.8 Å². The summed E-state index contributed by atoms with van der Waals surface area (Å²) in [6, 6.07) is -1.09. The molecule has 0 heterocycles. The van der Waals surface area contributed by atoms with E-state index in [1.54, 1.807) is 41.5 Å². The largest absolute Gasteiger partial charge is 0.480 e. The number of hydrogen-bond donors (Lipinski definition) is 5. The summed E-state index contributed by atoms with van der Waals surface area (Å²) in [6.45, 7) is 11.1. The number of nitrogens with zero attached hydrogens (tertiary/aromatic N) is 2. The van der Waals surface area contributed by atoms with Crippen LogP contribution in [-0.2, 0) is 14.3 Å². The summed E-state index contributed by atoms with van der Waals surface area (Å²) in [6.07, 6.45) is 2.14. The van der Waals surface area contributed by atoms with Crippen LogP contribution < -0.4 is 22.1 Å². The number of carbonyl (C=O) groups excluding carboxylic acids is 2. The summed E-state index contributed by atoms with van der Waals surface area (Å²) in [5.74, 6) is -0.794. The molecule has 2 unspecified atom stereocenters. The first-order valence-electron chi connectivity index (χ1n) is 11.2. The van der Waals surface area contributed by atoms with Gasteiger partial charge in [-0.2, -0.15) is 0 Å². The number of amidine groups is 2. The maximum atomic E-state index is 13.1. The van der Waals surface area contributed by atoms with E-state index in [4.69, 9.17) is 16.2 Å². The molecule has 0 bridgehead atoms. The highest BCUT2D eigenvalue weighted by Crippen LogP contribution is 2.18. The quantitative estimate of drug-likeness (QED) is 0.146. The number of nitrogens with two attached hydrogens (primary N) is 2. The lowest BCUT2D eigenvalue weighted by molar-refractivity contribution is -0.143. The number of rotatable bonds is 14. The third-order valence-electron chi connectivity index (χ3n) is 4.59. The molecule has 7 N–H and O–H groups in total. The van der Waals surface area contributed by atoms with Gasteiger partial charge in [0.25, 0.3) is 0 Å². The number of aliphatic imine (C=N–C) groups is 2. The number of carbonyl (C=O) groups is 3. The number of aliphatic carboxylic acids is 1. The van der Waals surface area contributed by atoms with Crippen molar-refractivity contribution in [2.45, 2.75) is 97.2 Å². The minimum atomic E-state index is -1.36. The van der Waals surface area contributed by atoms with Crippen LogP contribution >= 0.6 is 0 Å². The van der Waals surface area contributed by atoms with E-state index >= 15 is 0 Å². The van der Waals surface area contributed by atoms with Crippen LogP contribution in [0.15, 0.2) is 9.98 Å². The van der Waals surface area contributed by atoms with Crippen LogP contribution in [0.2, 0.25) is 0 Å². The first-order chi connectivity index (χ1) is 15.2. The van der Waals surface area contributed by atoms with E-state index < -0.39 is 35.2 Å². The SMILES string of the molecule is CC(N)=NCCCCC(NC(=O)C(C)(CCCCN=C(C)N)NC(=O)OC(C)(C)C)C(=O)O. The van der Waals surface area contributed by atoms with Crippen molar-refractivity contribution in [3.8, 4) is 0 Å². The summed E-state index contributed by atoms with van der Waals surface area (Å²) in [5.41, 5.74) is 8.91. The summed E-state index contributed by atoms with van der Waals surface area (Å²) >= 11 is 0. The first-order valence-corrected chi connectivity index (χ1v) is 11.2. The molecular weight excluding hydrogens is 428 g/mol. The predicted octanol–water partition coefficient (Wildman–Crippen LogP) is 1.93. The van der Waals surface area contributed by atoms with Crippen molar-refractivity contribution in [1.82, 2.24) is 10.6 Å². The molecule has 33 heavy (non-hydrogen) atoms. The molecule has 0 radical (unpaired) electrons. The van der Waals surface area contributed by atoms with Gasteiger partial charge in [0.2, 0.25) is 5.91 Å². The first kappa shape index (κ1) is 30.1. The zero-order chi connectivity index (χ0) is 25.7. The molecule has 0 aromatic rings. The molecule has 2 atom stereocenters. The van der Waals surface area contributed by atoms with Crippen LogP contribution in [0, 0.1) is 0 Å². The van der Waals surface area contributed by atoms with Crippen LogP contribution in [0.3, 0.4) is 0 Å². The predicted molar refractivity (Wildman–Crippen MR) is 129 cm³/mol. The summed E-state index contributed by atoms with van der Waals surface area (Å²) in [5, 5.41) is 14.8. The van der Waals surface area contributed by atoms with Gasteiger partial charge in [-0.05, 0) is 80.1 Å². The van der Waals surface area contributed by atoms with E-state index in [1.807, 2.05) is 0 Å². The zero-order valence-electron chi connectivity index (χ0n) is 20.9. The van der Waals surface area contributed by atoms with Gasteiger partial charge < -0.3 is 31.9 Å². The van der Waals surface area contributed by atoms with E-state index in [9.17, 15) is 19.5 Å². The Morgan fingerprint density at radius 2 is 1.45 bits per heavy atom. The van der Waals surface area contributed by atoms with E-state index in [-0.39, 0.29) is 12.8 Å². The number of unbranched alkanes of at least 4 members (excludes halogenated alkanes) is 2. The van der Waals surface area contributed by atoms with Crippen molar-refractivity contribution in [3.05, 3.63) is 0 Å². The van der Waals surface area contributed by atoms with Crippen molar-refractivity contribution in [1.29, 1.82) is 0 Å². The molecule has 0 rings (SSSR count). The number of carboxylic acid groups (broad SMARTS) is 1. The van der Waals surface area contributed by atoms with Gasteiger partial charge in [-0.15, -0.1) is 0 Å². The van der Waals surface area contributed by atoms with E-state index in [2.05, 4.69) is 20.6 Å². The highest BCUT2D eigenvalue weighted by atomic mass is 16.6. The van der Waals surface area contributed by atoms with Crippen LogP contribution in [0.4, 0.5) is 4.79 Å². The molecule has 0 aliphatic carbocycles. The maximum absolute atomic E-state index is 13.1. The van der Waals surface area contributed by atoms with Crippen molar-refractivity contribution >= 4 is 29.6 Å². The fourth-order valence-electron chi connectivity index (χ4n) is 2.90. The Kier molecular flexibility index (Phi) is 13.1. The molecule has 190 valence electrons. The lowest BCUT2D eigenvalue weighted by Gasteiger charge is -2.32. The summed E-state index contributed by atoms with van der Waals surface area (Å²) in [7, 11) is 0. The van der Waals surface area contributed by atoms with Crippen LogP contribution in [-0.4, -0.2) is 65.0 Å². The number of carboxylic acids is 1. The van der Waals surface area contributed by atoms with Crippen molar-refractivity contribution in [3.63, 3.8) is 0 Å². The normalized spacial score (nSPS) is 15.3. The molecule has 0 fully saturated rings. The van der Waals surface area contributed by atoms with E-state index in [0.29, 0.717) is 50.4 Å². The molecule has 0 saturated carbocycles. The zero-order valence-corrected chi connectivity index (χ0v) is 20.9. The molecule has 11 nitrogen and oxygen atoms in total. The van der Waals surface area contributed by atoms with Gasteiger partial charge in [0.05, 0.1) is 11.7 Å². The number of alkyl carbamates (subject to hydrolysis) is 1. The highest BCUT2D eigenvalue weighted by molar-refractivity contribution is 5.92. The Bertz CT molecular complexity index is 709. The Morgan fingerprint density at radius 1 is 0.939 bits per heavy atom. The van der Waals surface area contributed by atoms with Crippen LogP contribution in [0.1, 0.15) is 80.1 Å². The molecule has 0 spiro atoms. The van der Waals surface area contributed by atoms with Gasteiger partial charge in [-0.1, -0.05) is 0 Å². The Hall–Kier alpha value is -2.85. The topological polar surface area (TPSA) is 181 Å². The molecule has 2 amide bonds. The third kappa shape index (κ3) is 14.8. The second kappa shape index (κ2) is 14.3. The summed E-state index contributed by atoms with van der Waals surface area (Å²) < 4.78 is 5.30. The molecule has 0 aliphatic heterocycles. The molecule has 0 aromatic carbocycles. The number of ether oxygens (including phenoxy) is 1. The standard InChI is InChI=1S/C22H42N6O5/c1-15(23)25-13-9-7-11-17(18(29)30)27-19(31)22(6,12-8-10-14-26-16(2)24)28-20(32)33-21(3,4)5/h17H,7-14H2,1-6H3,(H2,23,25)(H2,24,26)(H,27,31)(H,28,32)(H,29,30). The maximum Gasteiger partial charge on any atom is 0.408 e. The van der Waals surface area contributed by atoms with Gasteiger partial charge in [-0.25, -0.2) is 9.59 Å². The summed E-state index contributed by atoms with van der Waals surface area (Å²) in [4.78, 5) is 45.4. The second-order valence-corrected chi connectivity index (χ2v) is 9.32. The van der Waals surface area contributed by atoms with Gasteiger partial charge in [0.1, 0.15) is 17.2 Å². The van der Waals surface area contributed by atoms with Crippen molar-refractivity contribution in [2.24, 2.45) is 21.5 Å². The Labute approximate surface area is 196 Å². The minimum Gasteiger partial charge on any atom is -0.480 e. The molecule has 0 aromatic heterocycles. The number of hydrogen-bond acceptors (Lipinski definition) is 6. The monoisotopic (exact) mass is 470 g/mol. The highest BCUT2D eigenvalue weighted by Gasteiger charge is 2.37. The molecule has 0 aliphatic rings. The second-order valence-electron chi connectivity index (χ2n) is 9.32. The van der Waals surface area contributed by atoms with Crippen molar-refractivity contribution in [2.75, 3.05) is 13.1 Å². The van der Waals surface area contributed by atoms with Crippen LogP contribution in [0.25, 0.3) is 0 Å². The van der Waals surface area contributed by atoms with Crippen LogP contribution in [0.5, 0.6) is 0 Å². The van der Waals surface area contributed by atoms with Crippen molar-refractivity contribution < 1.29 is 24.2 Å². The minimum absolute atomic E-state index is 0.229. The number of nitrogens with one attached hydrogen (secondary N) is 2. The Morgan fingerprint density at radius 3 is 1.91 bits per heavy atom. The average molecular weight is 471 g/mol. The van der Waals surface area contributed by atoms with Gasteiger partial charge >= 0.3 is 12.1 Å². The average Bonchev–Trinajstić information content (AvgIpc) is 2.63.